The number of hydrogen-bond acceptors (Lipinski definition) is 1. The summed E-state index contributed by atoms with van der Waals surface area (Å²) in [5, 5.41) is 7.53. The first-order chi connectivity index (χ1) is 31.7. The Labute approximate surface area is 373 Å². The number of anilines is 3. The van der Waals surface area contributed by atoms with E-state index >= 15 is 0 Å². The maximum Gasteiger partial charge on any atom is 0.0547 e. The maximum atomic E-state index is 2.45. The fraction of sp³-hybridized carbons (Fsp3) is 0. The largest absolute Gasteiger partial charge is 0.310 e. The molecule has 0 bridgehead atoms. The Kier molecular flexibility index (Phi) is 9.20. The molecule has 11 aromatic carbocycles. The molecule has 1 heterocycles. The molecule has 0 spiro atoms. The van der Waals surface area contributed by atoms with Gasteiger partial charge in [0.05, 0.1) is 22.4 Å². The van der Waals surface area contributed by atoms with Gasteiger partial charge in [-0.15, -0.1) is 0 Å². The molecule has 2 nitrogen and oxygen atoms in total. The van der Waals surface area contributed by atoms with Crippen LogP contribution in [-0.2, 0) is 0 Å². The number of nitrogens with zero attached hydrogens (tertiary/aromatic N) is 2. The van der Waals surface area contributed by atoms with Crippen LogP contribution >= 0.6 is 0 Å². The second kappa shape index (κ2) is 15.8. The molecule has 0 amide bonds. The Hall–Kier alpha value is -8.46. The second-order valence-corrected chi connectivity index (χ2v) is 16.5. The van der Waals surface area contributed by atoms with Crippen LogP contribution in [0, 0.1) is 0 Å². The first kappa shape index (κ1) is 37.3. The molecule has 2 heteroatoms. The number of aromatic nitrogens is 1. The van der Waals surface area contributed by atoms with Gasteiger partial charge in [-0.2, -0.15) is 0 Å². The molecule has 0 aliphatic rings. The lowest BCUT2D eigenvalue weighted by Crippen LogP contribution is -2.11. The summed E-state index contributed by atoms with van der Waals surface area (Å²) in [5.74, 6) is 0. The van der Waals surface area contributed by atoms with Gasteiger partial charge in [-0.3, -0.25) is 0 Å². The van der Waals surface area contributed by atoms with Crippen LogP contribution in [0.1, 0.15) is 0 Å². The third kappa shape index (κ3) is 6.52. The highest BCUT2D eigenvalue weighted by Gasteiger charge is 2.20. The number of benzene rings is 11. The fourth-order valence-electron chi connectivity index (χ4n) is 9.70. The first-order valence-electron chi connectivity index (χ1n) is 22.0. The highest BCUT2D eigenvalue weighted by Crippen LogP contribution is 2.43. The Morgan fingerprint density at radius 2 is 0.750 bits per heavy atom. The lowest BCUT2D eigenvalue weighted by molar-refractivity contribution is 1.18. The summed E-state index contributed by atoms with van der Waals surface area (Å²) in [6.07, 6.45) is 0. The van der Waals surface area contributed by atoms with E-state index in [1.54, 1.807) is 0 Å². The maximum absolute atomic E-state index is 2.45. The fourth-order valence-corrected chi connectivity index (χ4v) is 9.70. The van der Waals surface area contributed by atoms with Crippen LogP contribution in [0.25, 0.3) is 93.5 Å². The number of hydrogen-bond donors (Lipinski definition) is 0. The van der Waals surface area contributed by atoms with E-state index in [0.717, 1.165) is 28.3 Å². The zero-order valence-electron chi connectivity index (χ0n) is 35.1. The van der Waals surface area contributed by atoms with Crippen LogP contribution in [0.3, 0.4) is 0 Å². The first-order valence-corrected chi connectivity index (χ1v) is 22.0. The van der Waals surface area contributed by atoms with E-state index in [9.17, 15) is 0 Å². The molecule has 12 rings (SSSR count). The highest BCUT2D eigenvalue weighted by molar-refractivity contribution is 6.14. The molecule has 0 radical (unpaired) electrons. The van der Waals surface area contributed by atoms with Crippen molar-refractivity contribution in [3.05, 3.63) is 255 Å². The van der Waals surface area contributed by atoms with Crippen molar-refractivity contribution in [2.45, 2.75) is 0 Å². The Morgan fingerprint density at radius 3 is 1.50 bits per heavy atom. The zero-order valence-corrected chi connectivity index (χ0v) is 35.1. The third-order valence-electron chi connectivity index (χ3n) is 12.8. The van der Waals surface area contributed by atoms with Crippen LogP contribution in [0.5, 0.6) is 0 Å². The Balaban J connectivity index is 0.940. The molecule has 0 N–H and O–H groups in total. The minimum absolute atomic E-state index is 1.08. The standard InChI is InChI=1S/C62H42N2/c1-2-15-46(16-3-1)55-22-8-11-26-59(55)63(51-37-33-44(34-38-51)43-29-31-47(32-30-43)54-25-14-20-45-17-6-7-21-53(45)54)52-39-35-48(36-40-52)56-23-9-12-27-60(56)64-61-28-13-10-24-57(61)58-41-49-18-4-5-19-50(49)42-62(58)64/h1-42H. The summed E-state index contributed by atoms with van der Waals surface area (Å²) >= 11 is 0. The Bertz CT molecular complexity index is 3630. The lowest BCUT2D eigenvalue weighted by Gasteiger charge is -2.28. The molecule has 0 unspecified atom stereocenters. The molecule has 0 aliphatic carbocycles. The van der Waals surface area contributed by atoms with Gasteiger partial charge in [-0.05, 0) is 110 Å². The molecule has 0 saturated heterocycles. The normalized spacial score (nSPS) is 11.4. The number of rotatable bonds is 8. The smallest absolute Gasteiger partial charge is 0.0547 e. The van der Waals surface area contributed by atoms with E-state index in [4.69, 9.17) is 0 Å². The van der Waals surface area contributed by atoms with Gasteiger partial charge < -0.3 is 9.47 Å². The van der Waals surface area contributed by atoms with Crippen LogP contribution in [-0.4, -0.2) is 4.57 Å². The monoisotopic (exact) mass is 814 g/mol. The quantitative estimate of drug-likeness (QED) is 0.148. The molecule has 0 aliphatic heterocycles. The van der Waals surface area contributed by atoms with Gasteiger partial charge in [-0.1, -0.05) is 200 Å². The molecular formula is C62H42N2. The molecule has 300 valence electrons. The molecular weight excluding hydrogens is 773 g/mol. The summed E-state index contributed by atoms with van der Waals surface area (Å²) in [6, 6.07) is 92.6. The lowest BCUT2D eigenvalue weighted by atomic mass is 9.96. The van der Waals surface area contributed by atoms with E-state index in [1.807, 2.05) is 0 Å². The predicted molar refractivity (Wildman–Crippen MR) is 272 cm³/mol. The van der Waals surface area contributed by atoms with Crippen molar-refractivity contribution in [1.29, 1.82) is 0 Å². The van der Waals surface area contributed by atoms with Crippen molar-refractivity contribution >= 4 is 60.4 Å². The SMILES string of the molecule is c1ccc(-c2ccccc2N(c2ccc(-c3ccc(-c4cccc5ccccc45)cc3)cc2)c2ccc(-c3ccccc3-n3c4ccccc4c4cc5ccccc5cc43)cc2)cc1. The third-order valence-corrected chi connectivity index (χ3v) is 12.8. The Morgan fingerprint density at radius 1 is 0.266 bits per heavy atom. The minimum Gasteiger partial charge on any atom is -0.310 e. The van der Waals surface area contributed by atoms with Crippen molar-refractivity contribution in [1.82, 2.24) is 4.57 Å². The number of para-hydroxylation sites is 3. The van der Waals surface area contributed by atoms with Gasteiger partial charge in [0, 0.05) is 33.3 Å². The molecule has 1 aromatic heterocycles. The highest BCUT2D eigenvalue weighted by atomic mass is 15.1. The second-order valence-electron chi connectivity index (χ2n) is 16.5. The zero-order chi connectivity index (χ0) is 42.4. The summed E-state index contributed by atoms with van der Waals surface area (Å²) in [5.41, 5.74) is 16.4. The van der Waals surface area contributed by atoms with Crippen LogP contribution < -0.4 is 4.90 Å². The van der Waals surface area contributed by atoms with Crippen molar-refractivity contribution in [2.24, 2.45) is 0 Å². The van der Waals surface area contributed by atoms with Gasteiger partial charge in [0.15, 0.2) is 0 Å². The van der Waals surface area contributed by atoms with E-state index in [0.29, 0.717) is 0 Å². The van der Waals surface area contributed by atoms with Crippen molar-refractivity contribution < 1.29 is 0 Å². The summed E-state index contributed by atoms with van der Waals surface area (Å²) in [4.78, 5) is 2.39. The average molecular weight is 815 g/mol. The summed E-state index contributed by atoms with van der Waals surface area (Å²) in [6.45, 7) is 0. The number of fused-ring (bicyclic) bond motifs is 5. The van der Waals surface area contributed by atoms with Crippen LogP contribution in [0.4, 0.5) is 17.1 Å². The van der Waals surface area contributed by atoms with E-state index in [-0.39, 0.29) is 0 Å². The molecule has 0 fully saturated rings. The van der Waals surface area contributed by atoms with E-state index in [1.165, 1.54) is 82.3 Å². The van der Waals surface area contributed by atoms with Crippen LogP contribution in [0.15, 0.2) is 255 Å². The van der Waals surface area contributed by atoms with Gasteiger partial charge in [0.2, 0.25) is 0 Å². The average Bonchev–Trinajstić information content (AvgIpc) is 3.69. The minimum atomic E-state index is 1.08. The van der Waals surface area contributed by atoms with E-state index < -0.39 is 0 Å². The molecule has 0 atom stereocenters. The van der Waals surface area contributed by atoms with Gasteiger partial charge in [0.25, 0.3) is 0 Å². The van der Waals surface area contributed by atoms with Gasteiger partial charge in [-0.25, -0.2) is 0 Å². The van der Waals surface area contributed by atoms with E-state index in [2.05, 4.69) is 264 Å². The van der Waals surface area contributed by atoms with Crippen molar-refractivity contribution in [2.75, 3.05) is 4.90 Å². The predicted octanol–water partition coefficient (Wildman–Crippen LogP) is 17.2. The van der Waals surface area contributed by atoms with Crippen LogP contribution in [0.2, 0.25) is 0 Å². The summed E-state index contributed by atoms with van der Waals surface area (Å²) in [7, 11) is 0. The topological polar surface area (TPSA) is 8.17 Å². The van der Waals surface area contributed by atoms with Crippen molar-refractivity contribution in [3.8, 4) is 50.2 Å². The van der Waals surface area contributed by atoms with Gasteiger partial charge in [0.1, 0.15) is 0 Å². The molecule has 12 aromatic rings. The molecule has 64 heavy (non-hydrogen) atoms. The molecule has 0 saturated carbocycles. The van der Waals surface area contributed by atoms with Crippen molar-refractivity contribution in [3.63, 3.8) is 0 Å². The van der Waals surface area contributed by atoms with Gasteiger partial charge >= 0.3 is 0 Å². The summed E-state index contributed by atoms with van der Waals surface area (Å²) < 4.78 is 2.45.